The first-order valence-corrected chi connectivity index (χ1v) is 8.01. The molecule has 0 heterocycles. The van der Waals surface area contributed by atoms with Gasteiger partial charge in [-0.25, -0.2) is 4.57 Å². The molecular weight excluding hydrogens is 298 g/mol. The summed E-state index contributed by atoms with van der Waals surface area (Å²) >= 11 is 9.69. The molecule has 16 heavy (non-hydrogen) atoms. The molecule has 0 spiro atoms. The lowest BCUT2D eigenvalue weighted by molar-refractivity contribution is 0.198. The van der Waals surface area contributed by atoms with Gasteiger partial charge in [-0.1, -0.05) is 36.7 Å². The highest BCUT2D eigenvalue weighted by Crippen LogP contribution is 2.35. The zero-order valence-corrected chi connectivity index (χ0v) is 12.0. The smallest absolute Gasteiger partial charge is 0.303 e. The van der Waals surface area contributed by atoms with Gasteiger partial charge in [0.25, 0.3) is 0 Å². The Balaban J connectivity index is 0. The minimum atomic E-state index is -4.33. The van der Waals surface area contributed by atoms with Crippen molar-refractivity contribution >= 4 is 41.8 Å². The molecule has 0 radical (unpaired) electrons. The maximum Gasteiger partial charge on any atom is 0.469 e. The molecule has 9 heteroatoms. The SMILES string of the molecule is C=C(Cl)Cl.CCS(=O)CCCOP(=O)(O)O. The molecule has 1 atom stereocenters. The van der Waals surface area contributed by atoms with Crippen LogP contribution in [0, 0.1) is 0 Å². The van der Waals surface area contributed by atoms with E-state index in [-0.39, 0.29) is 11.1 Å². The monoisotopic (exact) mass is 312 g/mol. The number of rotatable bonds is 6. The Hall–Kier alpha value is 0.580. The van der Waals surface area contributed by atoms with Crippen LogP contribution in [-0.2, 0) is 19.9 Å². The van der Waals surface area contributed by atoms with E-state index in [0.717, 1.165) is 0 Å². The molecule has 0 aliphatic rings. The summed E-state index contributed by atoms with van der Waals surface area (Å²) in [5.41, 5.74) is 0. The number of hydrogen-bond acceptors (Lipinski definition) is 3. The molecular formula is C7H15Cl2O5PS. The first kappa shape index (κ1) is 18.9. The third-order valence-corrected chi connectivity index (χ3v) is 3.00. The molecule has 0 aromatic rings. The van der Waals surface area contributed by atoms with E-state index in [0.29, 0.717) is 17.9 Å². The van der Waals surface area contributed by atoms with E-state index in [1.54, 1.807) is 6.92 Å². The van der Waals surface area contributed by atoms with Crippen LogP contribution in [0.1, 0.15) is 13.3 Å². The van der Waals surface area contributed by atoms with Crippen LogP contribution in [0.2, 0.25) is 0 Å². The molecule has 1 unspecified atom stereocenters. The average molecular weight is 313 g/mol. The molecule has 0 aromatic heterocycles. The van der Waals surface area contributed by atoms with Crippen molar-refractivity contribution in [2.45, 2.75) is 13.3 Å². The minimum absolute atomic E-state index is 0.0456. The van der Waals surface area contributed by atoms with Gasteiger partial charge in [0.2, 0.25) is 0 Å². The number of phosphoric acid groups is 1. The zero-order valence-electron chi connectivity index (χ0n) is 8.77. The van der Waals surface area contributed by atoms with Crippen LogP contribution in [0.15, 0.2) is 11.1 Å². The number of halogens is 2. The van der Waals surface area contributed by atoms with Crippen LogP contribution < -0.4 is 0 Å². The van der Waals surface area contributed by atoms with E-state index in [9.17, 15) is 8.77 Å². The lowest BCUT2D eigenvalue weighted by atomic mass is 10.5. The van der Waals surface area contributed by atoms with E-state index < -0.39 is 18.6 Å². The van der Waals surface area contributed by atoms with E-state index in [2.05, 4.69) is 11.1 Å². The Morgan fingerprint density at radius 1 is 1.50 bits per heavy atom. The van der Waals surface area contributed by atoms with Crippen LogP contribution in [0.4, 0.5) is 0 Å². The van der Waals surface area contributed by atoms with Crippen molar-refractivity contribution in [2.24, 2.45) is 0 Å². The van der Waals surface area contributed by atoms with Crippen LogP contribution >= 0.6 is 31.0 Å². The maximum absolute atomic E-state index is 10.8. The maximum atomic E-state index is 10.8. The molecule has 0 amide bonds. The highest BCUT2D eigenvalue weighted by atomic mass is 35.5. The predicted octanol–water partition coefficient (Wildman–Crippen LogP) is 2.19. The van der Waals surface area contributed by atoms with E-state index in [1.165, 1.54) is 0 Å². The fourth-order valence-corrected chi connectivity index (χ4v) is 1.64. The zero-order chi connectivity index (χ0) is 13.2. The van der Waals surface area contributed by atoms with Gasteiger partial charge in [-0.15, -0.1) is 0 Å². The Morgan fingerprint density at radius 2 is 1.94 bits per heavy atom. The number of phosphoric ester groups is 1. The molecule has 0 aliphatic heterocycles. The van der Waals surface area contributed by atoms with Crippen LogP contribution in [0.3, 0.4) is 0 Å². The lowest BCUT2D eigenvalue weighted by Crippen LogP contribution is -2.03. The Morgan fingerprint density at radius 3 is 2.25 bits per heavy atom. The molecule has 2 N–H and O–H groups in total. The Labute approximate surface area is 107 Å². The van der Waals surface area contributed by atoms with Crippen molar-refractivity contribution in [3.8, 4) is 0 Å². The van der Waals surface area contributed by atoms with E-state index in [1.807, 2.05) is 0 Å². The van der Waals surface area contributed by atoms with Crippen molar-refractivity contribution in [1.29, 1.82) is 0 Å². The summed E-state index contributed by atoms with van der Waals surface area (Å²) in [6.07, 6.45) is 0.408. The number of hydrogen-bond donors (Lipinski definition) is 2. The third-order valence-electron chi connectivity index (χ3n) is 1.10. The van der Waals surface area contributed by atoms with Crippen molar-refractivity contribution in [1.82, 2.24) is 0 Å². The van der Waals surface area contributed by atoms with Crippen molar-refractivity contribution in [3.05, 3.63) is 11.1 Å². The van der Waals surface area contributed by atoms with Gasteiger partial charge in [-0.05, 0) is 6.42 Å². The summed E-state index contributed by atoms with van der Waals surface area (Å²) in [4.78, 5) is 16.5. The first-order valence-electron chi connectivity index (χ1n) is 4.24. The summed E-state index contributed by atoms with van der Waals surface area (Å²) in [7, 11) is -5.22. The molecule has 0 aromatic carbocycles. The second-order valence-electron chi connectivity index (χ2n) is 2.45. The van der Waals surface area contributed by atoms with Crippen LogP contribution in [0.5, 0.6) is 0 Å². The van der Waals surface area contributed by atoms with Crippen LogP contribution in [-0.4, -0.2) is 32.1 Å². The normalized spacial score (nSPS) is 12.6. The van der Waals surface area contributed by atoms with Crippen molar-refractivity contribution in [3.63, 3.8) is 0 Å². The summed E-state index contributed by atoms with van der Waals surface area (Å²) in [5, 5.41) is 0. The largest absolute Gasteiger partial charge is 0.469 e. The first-order chi connectivity index (χ1) is 7.19. The fraction of sp³-hybridized carbons (Fsp3) is 0.714. The van der Waals surface area contributed by atoms with Crippen molar-refractivity contribution in [2.75, 3.05) is 18.1 Å². The Bertz CT molecular complexity index is 264. The van der Waals surface area contributed by atoms with Gasteiger partial charge in [-0.3, -0.25) is 8.73 Å². The third kappa shape index (κ3) is 24.0. The summed E-state index contributed by atoms with van der Waals surface area (Å²) in [6, 6.07) is 0. The summed E-state index contributed by atoms with van der Waals surface area (Å²) in [5.74, 6) is 0.992. The molecule has 98 valence electrons. The lowest BCUT2D eigenvalue weighted by Gasteiger charge is -2.03. The van der Waals surface area contributed by atoms with Gasteiger partial charge in [0.15, 0.2) is 0 Å². The topological polar surface area (TPSA) is 83.8 Å². The molecule has 0 bridgehead atoms. The average Bonchev–Trinajstić information content (AvgIpc) is 2.09. The fourth-order valence-electron chi connectivity index (χ4n) is 0.548. The van der Waals surface area contributed by atoms with Gasteiger partial charge in [0, 0.05) is 22.3 Å². The summed E-state index contributed by atoms with van der Waals surface area (Å²) in [6.45, 7) is 4.83. The highest BCUT2D eigenvalue weighted by molar-refractivity contribution is 7.84. The molecule has 0 saturated carbocycles. The second kappa shape index (κ2) is 10.7. The van der Waals surface area contributed by atoms with Gasteiger partial charge >= 0.3 is 7.82 Å². The highest BCUT2D eigenvalue weighted by Gasteiger charge is 2.12. The van der Waals surface area contributed by atoms with E-state index >= 15 is 0 Å². The van der Waals surface area contributed by atoms with Gasteiger partial charge in [-0.2, -0.15) is 0 Å². The van der Waals surface area contributed by atoms with Gasteiger partial charge in [0.05, 0.1) is 11.1 Å². The molecule has 0 saturated heterocycles. The molecule has 0 aliphatic carbocycles. The minimum Gasteiger partial charge on any atom is -0.303 e. The quantitative estimate of drug-likeness (QED) is 0.580. The van der Waals surface area contributed by atoms with Crippen molar-refractivity contribution < 1.29 is 23.1 Å². The van der Waals surface area contributed by atoms with Gasteiger partial charge in [0.1, 0.15) is 0 Å². The second-order valence-corrected chi connectivity index (χ2v) is 6.66. The van der Waals surface area contributed by atoms with Gasteiger partial charge < -0.3 is 9.79 Å². The standard InChI is InChI=1S/C5H13O5PS.C2H2Cl2/c1-2-12(9)5-3-4-10-11(6,7)8;1-2(3)4/h2-5H2,1H3,(H2,6,7,8);1H2. The predicted molar refractivity (Wildman–Crippen MR) is 67.0 cm³/mol. The van der Waals surface area contributed by atoms with Crippen LogP contribution in [0.25, 0.3) is 0 Å². The molecule has 0 fully saturated rings. The molecule has 0 rings (SSSR count). The van der Waals surface area contributed by atoms with E-state index in [4.69, 9.17) is 33.0 Å². The summed E-state index contributed by atoms with van der Waals surface area (Å²) < 4.78 is 25.2. The molecule has 5 nitrogen and oxygen atoms in total. The Kier molecular flexibility index (Phi) is 12.7.